The zero-order chi connectivity index (χ0) is 16.8. The Morgan fingerprint density at radius 3 is 2.61 bits per heavy atom. The Kier molecular flexibility index (Phi) is 6.25. The fraction of sp³-hybridized carbons (Fsp3) is 0.294. The Morgan fingerprint density at radius 2 is 2.00 bits per heavy atom. The summed E-state index contributed by atoms with van der Waals surface area (Å²) in [6.07, 6.45) is 3.82. The van der Waals surface area contributed by atoms with Crippen LogP contribution < -0.4 is 10.2 Å². The van der Waals surface area contributed by atoms with E-state index in [9.17, 15) is 4.79 Å². The Labute approximate surface area is 146 Å². The molecule has 0 saturated carbocycles. The first kappa shape index (κ1) is 17.6. The number of carbonyl (C=O) groups excluding carboxylic acids is 1. The maximum Gasteiger partial charge on any atom is 0.257 e. The summed E-state index contributed by atoms with van der Waals surface area (Å²) in [4.78, 5) is 18.6. The second-order valence-corrected chi connectivity index (χ2v) is 6.08. The molecule has 0 fully saturated rings. The maximum atomic E-state index is 12.2. The number of rotatable bonds is 6. The highest BCUT2D eigenvalue weighted by Crippen LogP contribution is 2.25. The fourth-order valence-corrected chi connectivity index (χ4v) is 2.33. The number of hydrogen-bond donors (Lipinski definition) is 1. The molecule has 0 bridgehead atoms. The van der Waals surface area contributed by atoms with E-state index in [4.69, 9.17) is 23.2 Å². The van der Waals surface area contributed by atoms with Gasteiger partial charge in [-0.3, -0.25) is 4.79 Å². The predicted octanol–water partition coefficient (Wildman–Crippen LogP) is 4.88. The number of benzene rings is 1. The minimum absolute atomic E-state index is 0.237. The fourth-order valence-electron chi connectivity index (χ4n) is 2.03. The van der Waals surface area contributed by atoms with E-state index in [1.807, 2.05) is 13.1 Å². The number of pyridine rings is 1. The molecule has 0 aliphatic rings. The zero-order valence-corrected chi connectivity index (χ0v) is 14.7. The van der Waals surface area contributed by atoms with Gasteiger partial charge in [-0.25, -0.2) is 4.98 Å². The van der Waals surface area contributed by atoms with Crippen LogP contribution in [0, 0.1) is 0 Å². The molecule has 0 atom stereocenters. The third-order valence-corrected chi connectivity index (χ3v) is 4.16. The number of nitrogens with one attached hydrogen (secondary N) is 1. The van der Waals surface area contributed by atoms with Gasteiger partial charge in [-0.15, -0.1) is 0 Å². The van der Waals surface area contributed by atoms with E-state index in [0.717, 1.165) is 25.2 Å². The molecule has 0 saturated heterocycles. The number of unbranched alkanes of at least 4 members (excludes halogenated alkanes) is 1. The predicted molar refractivity (Wildman–Crippen MR) is 96.8 cm³/mol. The van der Waals surface area contributed by atoms with Crippen molar-refractivity contribution in [1.82, 2.24) is 4.98 Å². The normalized spacial score (nSPS) is 10.4. The molecule has 1 aromatic carbocycles. The van der Waals surface area contributed by atoms with Gasteiger partial charge >= 0.3 is 0 Å². The Morgan fingerprint density at radius 1 is 1.22 bits per heavy atom. The molecule has 0 aliphatic carbocycles. The van der Waals surface area contributed by atoms with Gasteiger partial charge in [-0.2, -0.15) is 0 Å². The van der Waals surface area contributed by atoms with E-state index in [0.29, 0.717) is 21.3 Å². The summed E-state index contributed by atoms with van der Waals surface area (Å²) >= 11 is 11.8. The Hall–Kier alpha value is -1.78. The van der Waals surface area contributed by atoms with Gasteiger partial charge in [-0.1, -0.05) is 36.5 Å². The first-order valence-corrected chi connectivity index (χ1v) is 8.20. The lowest BCUT2D eigenvalue weighted by Crippen LogP contribution is -2.20. The number of carbonyl (C=O) groups is 1. The molecule has 1 aromatic heterocycles. The summed E-state index contributed by atoms with van der Waals surface area (Å²) in [7, 11) is 1.99. The Bertz CT molecular complexity index is 674. The number of halogens is 2. The zero-order valence-electron chi connectivity index (χ0n) is 13.1. The van der Waals surface area contributed by atoms with Crippen LogP contribution in [0.4, 0.5) is 11.5 Å². The summed E-state index contributed by atoms with van der Waals surface area (Å²) in [6, 6.07) is 8.56. The molecule has 1 amide bonds. The van der Waals surface area contributed by atoms with E-state index in [1.54, 1.807) is 30.5 Å². The monoisotopic (exact) mass is 351 g/mol. The SMILES string of the molecule is CCCCN(C)c1ccc(C(=O)Nc2ccc(Cl)c(Cl)c2)cn1. The van der Waals surface area contributed by atoms with Gasteiger partial charge in [-0.05, 0) is 36.8 Å². The van der Waals surface area contributed by atoms with E-state index < -0.39 is 0 Å². The van der Waals surface area contributed by atoms with Crippen LogP contribution in [0.3, 0.4) is 0 Å². The van der Waals surface area contributed by atoms with Crippen molar-refractivity contribution in [1.29, 1.82) is 0 Å². The molecule has 0 radical (unpaired) electrons. The van der Waals surface area contributed by atoms with Gasteiger partial charge < -0.3 is 10.2 Å². The van der Waals surface area contributed by atoms with E-state index >= 15 is 0 Å². The molecule has 1 N–H and O–H groups in total. The number of anilines is 2. The number of hydrogen-bond acceptors (Lipinski definition) is 3. The number of amides is 1. The molecule has 122 valence electrons. The molecule has 2 aromatic rings. The molecule has 2 rings (SSSR count). The molecule has 23 heavy (non-hydrogen) atoms. The van der Waals surface area contributed by atoms with Crippen LogP contribution in [-0.4, -0.2) is 24.5 Å². The summed E-state index contributed by atoms with van der Waals surface area (Å²) in [5, 5.41) is 3.62. The molecular weight excluding hydrogens is 333 g/mol. The van der Waals surface area contributed by atoms with Gasteiger partial charge in [0.05, 0.1) is 15.6 Å². The van der Waals surface area contributed by atoms with Crippen molar-refractivity contribution in [2.45, 2.75) is 19.8 Å². The lowest BCUT2D eigenvalue weighted by atomic mass is 10.2. The van der Waals surface area contributed by atoms with E-state index in [-0.39, 0.29) is 5.91 Å². The molecule has 1 heterocycles. The van der Waals surface area contributed by atoms with Gasteiger partial charge in [0.15, 0.2) is 0 Å². The molecule has 4 nitrogen and oxygen atoms in total. The lowest BCUT2D eigenvalue weighted by Gasteiger charge is -2.17. The highest BCUT2D eigenvalue weighted by molar-refractivity contribution is 6.42. The smallest absolute Gasteiger partial charge is 0.257 e. The van der Waals surface area contributed by atoms with Crippen molar-refractivity contribution in [3.63, 3.8) is 0 Å². The molecule has 0 aliphatic heterocycles. The average Bonchev–Trinajstić information content (AvgIpc) is 2.56. The molecule has 0 unspecified atom stereocenters. The lowest BCUT2D eigenvalue weighted by molar-refractivity contribution is 0.102. The van der Waals surface area contributed by atoms with Gasteiger partial charge in [0.2, 0.25) is 0 Å². The third-order valence-electron chi connectivity index (χ3n) is 3.43. The van der Waals surface area contributed by atoms with Crippen LogP contribution >= 0.6 is 23.2 Å². The number of aromatic nitrogens is 1. The van der Waals surface area contributed by atoms with Crippen LogP contribution in [-0.2, 0) is 0 Å². The Balaban J connectivity index is 2.03. The minimum atomic E-state index is -0.237. The van der Waals surface area contributed by atoms with Crippen LogP contribution in [0.25, 0.3) is 0 Å². The van der Waals surface area contributed by atoms with Crippen molar-refractivity contribution >= 4 is 40.6 Å². The first-order chi connectivity index (χ1) is 11.0. The second-order valence-electron chi connectivity index (χ2n) is 5.26. The van der Waals surface area contributed by atoms with Gasteiger partial charge in [0, 0.05) is 25.5 Å². The van der Waals surface area contributed by atoms with Crippen LogP contribution in [0.15, 0.2) is 36.5 Å². The summed E-state index contributed by atoms with van der Waals surface area (Å²) in [5.74, 6) is 0.614. The first-order valence-electron chi connectivity index (χ1n) is 7.45. The highest BCUT2D eigenvalue weighted by Gasteiger charge is 2.09. The largest absolute Gasteiger partial charge is 0.360 e. The number of nitrogens with zero attached hydrogens (tertiary/aromatic N) is 2. The van der Waals surface area contributed by atoms with Crippen LogP contribution in [0.5, 0.6) is 0 Å². The van der Waals surface area contributed by atoms with Crippen molar-refractivity contribution in [3.8, 4) is 0 Å². The molecule has 6 heteroatoms. The van der Waals surface area contributed by atoms with Gasteiger partial charge in [0.1, 0.15) is 5.82 Å². The highest BCUT2D eigenvalue weighted by atomic mass is 35.5. The topological polar surface area (TPSA) is 45.2 Å². The van der Waals surface area contributed by atoms with Crippen LogP contribution in [0.1, 0.15) is 30.1 Å². The summed E-state index contributed by atoms with van der Waals surface area (Å²) in [6.45, 7) is 3.09. The van der Waals surface area contributed by atoms with Crippen molar-refractivity contribution in [3.05, 3.63) is 52.1 Å². The third kappa shape index (κ3) is 4.85. The van der Waals surface area contributed by atoms with E-state index in [2.05, 4.69) is 22.1 Å². The second kappa shape index (κ2) is 8.18. The standard InChI is InChI=1S/C17H19Cl2N3O/c1-3-4-9-22(2)16-8-5-12(11-20-16)17(23)21-13-6-7-14(18)15(19)10-13/h5-8,10-11H,3-4,9H2,1-2H3,(H,21,23). The maximum absolute atomic E-state index is 12.2. The van der Waals surface area contributed by atoms with Crippen LogP contribution in [0.2, 0.25) is 10.0 Å². The minimum Gasteiger partial charge on any atom is -0.360 e. The average molecular weight is 352 g/mol. The summed E-state index contributed by atoms with van der Waals surface area (Å²) in [5.41, 5.74) is 1.08. The quantitative estimate of drug-likeness (QED) is 0.806. The van der Waals surface area contributed by atoms with Gasteiger partial charge in [0.25, 0.3) is 5.91 Å². The van der Waals surface area contributed by atoms with E-state index in [1.165, 1.54) is 0 Å². The van der Waals surface area contributed by atoms with Crippen molar-refractivity contribution in [2.24, 2.45) is 0 Å². The van der Waals surface area contributed by atoms with Crippen molar-refractivity contribution < 1.29 is 4.79 Å². The molecule has 0 spiro atoms. The van der Waals surface area contributed by atoms with Crippen molar-refractivity contribution in [2.75, 3.05) is 23.8 Å². The molecular formula is C17H19Cl2N3O. The summed E-state index contributed by atoms with van der Waals surface area (Å²) < 4.78 is 0.